The monoisotopic (exact) mass is 356 g/mol. The molecule has 1 aliphatic heterocycles. The molecule has 1 aromatic rings. The highest BCUT2D eigenvalue weighted by atomic mass is 79.9. The van der Waals surface area contributed by atoms with E-state index in [9.17, 15) is 8.42 Å². The molecule has 1 aliphatic rings. The molecular weight excluding hydrogens is 340 g/mol. The van der Waals surface area contributed by atoms with Crippen LogP contribution >= 0.6 is 15.9 Å². The molecule has 1 fully saturated rings. The number of hydrogen-bond acceptors (Lipinski definition) is 3. The highest BCUT2D eigenvalue weighted by Crippen LogP contribution is 2.23. The van der Waals surface area contributed by atoms with Gasteiger partial charge >= 0.3 is 0 Å². The van der Waals surface area contributed by atoms with Gasteiger partial charge in [0.15, 0.2) is 0 Å². The molecule has 1 saturated heterocycles. The Hall–Kier alpha value is -0.870. The number of nitrogens with zero attached hydrogens (tertiary/aromatic N) is 2. The van der Waals surface area contributed by atoms with E-state index in [4.69, 9.17) is 6.42 Å². The molecule has 2 rings (SSSR count). The van der Waals surface area contributed by atoms with E-state index in [1.54, 1.807) is 18.2 Å². The Labute approximate surface area is 128 Å². The minimum Gasteiger partial charge on any atom is -0.290 e. The number of rotatable bonds is 3. The van der Waals surface area contributed by atoms with Crippen molar-refractivity contribution in [1.29, 1.82) is 0 Å². The topological polar surface area (TPSA) is 40.6 Å². The summed E-state index contributed by atoms with van der Waals surface area (Å²) in [5, 5.41) is 0. The average molecular weight is 357 g/mol. The van der Waals surface area contributed by atoms with Gasteiger partial charge in [-0.3, -0.25) is 4.90 Å². The second-order valence-electron chi connectivity index (χ2n) is 4.80. The van der Waals surface area contributed by atoms with E-state index >= 15 is 0 Å². The molecule has 0 N–H and O–H groups in total. The Morgan fingerprint density at radius 1 is 1.30 bits per heavy atom. The van der Waals surface area contributed by atoms with Gasteiger partial charge in [-0.05, 0) is 30.7 Å². The Morgan fingerprint density at radius 2 is 1.95 bits per heavy atom. The van der Waals surface area contributed by atoms with Gasteiger partial charge in [-0.15, -0.1) is 6.42 Å². The van der Waals surface area contributed by atoms with E-state index in [1.165, 1.54) is 4.31 Å². The molecule has 6 heteroatoms. The van der Waals surface area contributed by atoms with Gasteiger partial charge in [0, 0.05) is 30.7 Å². The van der Waals surface area contributed by atoms with Gasteiger partial charge in [-0.25, -0.2) is 8.42 Å². The standard InChI is InChI=1S/C14H17BrN2O2S/c1-3-6-16-7-9-17(10-8-16)20(18,19)13-4-5-14(15)12(2)11-13/h1,4-5,11H,6-10H2,2H3. The summed E-state index contributed by atoms with van der Waals surface area (Å²) in [6.07, 6.45) is 5.27. The quantitative estimate of drug-likeness (QED) is 0.774. The molecule has 0 spiro atoms. The largest absolute Gasteiger partial charge is 0.290 e. The molecule has 0 atom stereocenters. The van der Waals surface area contributed by atoms with Crippen LogP contribution in [0.2, 0.25) is 0 Å². The molecule has 1 aromatic carbocycles. The molecule has 4 nitrogen and oxygen atoms in total. The third-order valence-electron chi connectivity index (χ3n) is 3.41. The smallest absolute Gasteiger partial charge is 0.243 e. The van der Waals surface area contributed by atoms with Crippen LogP contribution in [-0.2, 0) is 10.0 Å². The van der Waals surface area contributed by atoms with Crippen LogP contribution in [-0.4, -0.2) is 50.3 Å². The lowest BCUT2D eigenvalue weighted by atomic mass is 10.2. The molecule has 20 heavy (non-hydrogen) atoms. The van der Waals surface area contributed by atoms with Crippen LogP contribution in [0.1, 0.15) is 5.56 Å². The number of piperazine rings is 1. The van der Waals surface area contributed by atoms with E-state index in [0.29, 0.717) is 37.6 Å². The maximum absolute atomic E-state index is 12.6. The molecule has 108 valence electrons. The molecule has 0 radical (unpaired) electrons. The molecule has 0 unspecified atom stereocenters. The lowest BCUT2D eigenvalue weighted by molar-refractivity contribution is 0.207. The number of sulfonamides is 1. The molecule has 0 aromatic heterocycles. The zero-order valence-electron chi connectivity index (χ0n) is 11.3. The lowest BCUT2D eigenvalue weighted by Gasteiger charge is -2.32. The third-order valence-corrected chi connectivity index (χ3v) is 6.20. The fourth-order valence-electron chi connectivity index (χ4n) is 2.18. The molecule has 0 bridgehead atoms. The maximum Gasteiger partial charge on any atom is 0.243 e. The average Bonchev–Trinajstić information content (AvgIpc) is 2.43. The van der Waals surface area contributed by atoms with Crippen molar-refractivity contribution < 1.29 is 8.42 Å². The first-order valence-corrected chi connectivity index (χ1v) is 8.60. The van der Waals surface area contributed by atoms with Crippen LogP contribution in [0.3, 0.4) is 0 Å². The van der Waals surface area contributed by atoms with E-state index in [0.717, 1.165) is 10.0 Å². The first-order valence-electron chi connectivity index (χ1n) is 6.37. The summed E-state index contributed by atoms with van der Waals surface area (Å²) < 4.78 is 27.6. The van der Waals surface area contributed by atoms with Crippen LogP contribution in [0.15, 0.2) is 27.6 Å². The number of halogens is 1. The Balaban J connectivity index is 2.16. The Kier molecular flexibility index (Phi) is 4.86. The summed E-state index contributed by atoms with van der Waals surface area (Å²) in [5.74, 6) is 2.59. The van der Waals surface area contributed by atoms with Crippen molar-refractivity contribution in [2.24, 2.45) is 0 Å². The van der Waals surface area contributed by atoms with E-state index in [-0.39, 0.29) is 0 Å². The van der Waals surface area contributed by atoms with Crippen LogP contribution < -0.4 is 0 Å². The van der Waals surface area contributed by atoms with Crippen molar-refractivity contribution >= 4 is 26.0 Å². The number of hydrogen-bond donors (Lipinski definition) is 0. The van der Waals surface area contributed by atoms with Crippen LogP contribution in [0.5, 0.6) is 0 Å². The first-order chi connectivity index (χ1) is 9.45. The maximum atomic E-state index is 12.6. The molecule has 1 heterocycles. The second kappa shape index (κ2) is 6.27. The molecule has 0 amide bonds. The summed E-state index contributed by atoms with van der Waals surface area (Å²) in [7, 11) is -3.41. The summed E-state index contributed by atoms with van der Waals surface area (Å²) >= 11 is 3.38. The highest BCUT2D eigenvalue weighted by Gasteiger charge is 2.28. The van der Waals surface area contributed by atoms with Gasteiger partial charge in [0.05, 0.1) is 11.4 Å². The van der Waals surface area contributed by atoms with Crippen LogP contribution in [0.25, 0.3) is 0 Å². The van der Waals surface area contributed by atoms with Crippen molar-refractivity contribution in [3.05, 3.63) is 28.2 Å². The first kappa shape index (κ1) is 15.5. The number of terminal acetylenes is 1. The summed E-state index contributed by atoms with van der Waals surface area (Å²) in [6.45, 7) is 4.79. The molecule has 0 saturated carbocycles. The van der Waals surface area contributed by atoms with Gasteiger partial charge < -0.3 is 0 Å². The third kappa shape index (κ3) is 3.23. The van der Waals surface area contributed by atoms with E-state index < -0.39 is 10.0 Å². The number of aryl methyl sites for hydroxylation is 1. The van der Waals surface area contributed by atoms with E-state index in [1.807, 2.05) is 6.92 Å². The zero-order valence-corrected chi connectivity index (χ0v) is 13.7. The SMILES string of the molecule is C#CCN1CCN(S(=O)(=O)c2ccc(Br)c(C)c2)CC1. The van der Waals surface area contributed by atoms with Gasteiger partial charge in [0.1, 0.15) is 0 Å². The van der Waals surface area contributed by atoms with Gasteiger partial charge in [0.2, 0.25) is 10.0 Å². The Bertz CT molecular complexity index is 629. The van der Waals surface area contributed by atoms with Crippen molar-refractivity contribution in [2.75, 3.05) is 32.7 Å². The zero-order chi connectivity index (χ0) is 14.8. The molecular formula is C14H17BrN2O2S. The fraction of sp³-hybridized carbons (Fsp3) is 0.429. The minimum absolute atomic E-state index is 0.351. The Morgan fingerprint density at radius 3 is 2.50 bits per heavy atom. The molecule has 0 aliphatic carbocycles. The van der Waals surface area contributed by atoms with Crippen molar-refractivity contribution in [1.82, 2.24) is 9.21 Å². The predicted octanol–water partition coefficient (Wildman–Crippen LogP) is 1.70. The predicted molar refractivity (Wildman–Crippen MR) is 82.9 cm³/mol. The highest BCUT2D eigenvalue weighted by molar-refractivity contribution is 9.10. The number of benzene rings is 1. The normalized spacial score (nSPS) is 17.9. The summed E-state index contributed by atoms with van der Waals surface area (Å²) in [4.78, 5) is 2.43. The van der Waals surface area contributed by atoms with E-state index in [2.05, 4.69) is 26.8 Å². The second-order valence-corrected chi connectivity index (χ2v) is 7.59. The summed E-state index contributed by atoms with van der Waals surface area (Å²) in [5.41, 5.74) is 0.914. The van der Waals surface area contributed by atoms with Gasteiger partial charge in [-0.2, -0.15) is 4.31 Å². The van der Waals surface area contributed by atoms with Crippen LogP contribution in [0, 0.1) is 19.3 Å². The lowest BCUT2D eigenvalue weighted by Crippen LogP contribution is -2.48. The fourth-order valence-corrected chi connectivity index (χ4v) is 3.94. The van der Waals surface area contributed by atoms with Gasteiger partial charge in [0.25, 0.3) is 0 Å². The van der Waals surface area contributed by atoms with Crippen molar-refractivity contribution in [3.8, 4) is 12.3 Å². The minimum atomic E-state index is -3.41. The van der Waals surface area contributed by atoms with Gasteiger partial charge in [-0.1, -0.05) is 21.9 Å². The van der Waals surface area contributed by atoms with Crippen LogP contribution in [0.4, 0.5) is 0 Å². The summed E-state index contributed by atoms with van der Waals surface area (Å²) in [6, 6.07) is 5.12. The van der Waals surface area contributed by atoms with Crippen molar-refractivity contribution in [3.63, 3.8) is 0 Å². The van der Waals surface area contributed by atoms with Crippen molar-refractivity contribution in [2.45, 2.75) is 11.8 Å².